The first-order valence-electron chi connectivity index (χ1n) is 4.53. The highest BCUT2D eigenvalue weighted by atomic mass is 16.4. The molecule has 0 aliphatic carbocycles. The lowest BCUT2D eigenvalue weighted by molar-refractivity contribution is -0.136. The predicted molar refractivity (Wildman–Crippen MR) is 61.2 cm³/mol. The van der Waals surface area contributed by atoms with E-state index < -0.39 is 12.3 Å². The highest BCUT2D eigenvalue weighted by molar-refractivity contribution is 5.76. The quantitative estimate of drug-likeness (QED) is 0.187. The summed E-state index contributed by atoms with van der Waals surface area (Å²) in [4.78, 5) is 15.8. The second-order valence-corrected chi connectivity index (χ2v) is 3.08. The van der Waals surface area contributed by atoms with Gasteiger partial charge in [0.15, 0.2) is 12.2 Å². The maximum Gasteiger partial charge on any atom is 0.317 e. The number of nitrogens with two attached hydrogens (primary N) is 3. The van der Waals surface area contributed by atoms with E-state index in [9.17, 15) is 4.79 Å². The van der Waals surface area contributed by atoms with Gasteiger partial charge in [-0.2, -0.15) is 0 Å². The molecule has 92 valence electrons. The second-order valence-electron chi connectivity index (χ2n) is 3.08. The van der Waals surface area contributed by atoms with Crippen LogP contribution in [-0.2, 0) is 4.79 Å². The molecule has 0 radical (unpaired) electrons. The van der Waals surface area contributed by atoms with Gasteiger partial charge in [-0.05, 0) is 0 Å². The molecule has 0 amide bonds. The lowest BCUT2D eigenvalue weighted by Gasteiger charge is -2.28. The summed E-state index contributed by atoms with van der Waals surface area (Å²) in [5.41, 5.74) is 16.4. The largest absolute Gasteiger partial charge is 0.480 e. The highest BCUT2D eigenvalue weighted by Gasteiger charge is 2.15. The Morgan fingerprint density at radius 3 is 2.56 bits per heavy atom. The van der Waals surface area contributed by atoms with Crippen LogP contribution in [0.15, 0.2) is 17.3 Å². The van der Waals surface area contributed by atoms with Gasteiger partial charge in [0.25, 0.3) is 0 Å². The van der Waals surface area contributed by atoms with E-state index >= 15 is 0 Å². The Labute approximate surface area is 93.8 Å². The number of carbonyl (C=O) groups is 1. The molecule has 0 aliphatic rings. The molecule has 1 atom stereocenters. The SMILES string of the molecule is C=C(CN)N(C)C(N=C(N)N)NCC(=O)O. The zero-order chi connectivity index (χ0) is 12.7. The fourth-order valence-electron chi connectivity index (χ4n) is 0.906. The molecular formula is C8H18N6O2. The van der Waals surface area contributed by atoms with Gasteiger partial charge >= 0.3 is 5.97 Å². The zero-order valence-corrected chi connectivity index (χ0v) is 9.18. The normalized spacial score (nSPS) is 11.6. The third kappa shape index (κ3) is 5.17. The van der Waals surface area contributed by atoms with E-state index in [1.165, 1.54) is 0 Å². The zero-order valence-electron chi connectivity index (χ0n) is 9.18. The van der Waals surface area contributed by atoms with Crippen molar-refractivity contribution in [3.63, 3.8) is 0 Å². The number of rotatable bonds is 7. The number of hydrogen-bond acceptors (Lipinski definition) is 5. The lowest BCUT2D eigenvalue weighted by atomic mass is 10.4. The number of nitrogens with zero attached hydrogens (tertiary/aromatic N) is 2. The Hall–Kier alpha value is -1.80. The van der Waals surface area contributed by atoms with Gasteiger partial charge in [0.2, 0.25) is 0 Å². The number of nitrogens with one attached hydrogen (secondary N) is 1. The monoisotopic (exact) mass is 230 g/mol. The standard InChI is InChI=1S/C8H18N6O2/c1-5(3-9)14(2)8(13-7(10)11)12-4-6(15)16/h8,12H,1,3-4,9H2,2H3,(H,15,16)(H4,10,11,13). The Morgan fingerprint density at radius 2 is 2.19 bits per heavy atom. The van der Waals surface area contributed by atoms with E-state index in [2.05, 4.69) is 16.9 Å². The van der Waals surface area contributed by atoms with E-state index in [-0.39, 0.29) is 19.0 Å². The number of guanidine groups is 1. The molecule has 16 heavy (non-hydrogen) atoms. The van der Waals surface area contributed by atoms with E-state index in [1.807, 2.05) is 0 Å². The van der Waals surface area contributed by atoms with Gasteiger partial charge in [-0.15, -0.1) is 0 Å². The second kappa shape index (κ2) is 6.64. The maximum atomic E-state index is 10.4. The van der Waals surface area contributed by atoms with Crippen molar-refractivity contribution in [3.8, 4) is 0 Å². The molecule has 8 N–H and O–H groups in total. The molecule has 0 heterocycles. The molecule has 8 nitrogen and oxygen atoms in total. The van der Waals surface area contributed by atoms with Gasteiger partial charge < -0.3 is 27.2 Å². The number of carboxylic acids is 1. The van der Waals surface area contributed by atoms with Gasteiger partial charge in [0.1, 0.15) is 0 Å². The van der Waals surface area contributed by atoms with Crippen LogP contribution >= 0.6 is 0 Å². The van der Waals surface area contributed by atoms with Gasteiger partial charge in [-0.1, -0.05) is 6.58 Å². The fourth-order valence-corrected chi connectivity index (χ4v) is 0.906. The summed E-state index contributed by atoms with van der Waals surface area (Å²) in [6.45, 7) is 3.64. The Bertz CT molecular complexity index is 286. The van der Waals surface area contributed by atoms with Crippen LogP contribution in [0.5, 0.6) is 0 Å². The minimum Gasteiger partial charge on any atom is -0.480 e. The summed E-state index contributed by atoms with van der Waals surface area (Å²) in [6.07, 6.45) is -0.697. The van der Waals surface area contributed by atoms with Crippen molar-refractivity contribution in [1.82, 2.24) is 10.2 Å². The third-order valence-corrected chi connectivity index (χ3v) is 1.81. The van der Waals surface area contributed by atoms with Crippen molar-refractivity contribution in [2.45, 2.75) is 6.29 Å². The number of aliphatic carboxylic acids is 1. The Morgan fingerprint density at radius 1 is 1.62 bits per heavy atom. The van der Waals surface area contributed by atoms with E-state index in [0.717, 1.165) is 0 Å². The summed E-state index contributed by atoms with van der Waals surface area (Å²) >= 11 is 0. The maximum absolute atomic E-state index is 10.4. The van der Waals surface area contributed by atoms with Crippen molar-refractivity contribution in [2.24, 2.45) is 22.2 Å². The number of carboxylic acid groups (broad SMARTS) is 1. The smallest absolute Gasteiger partial charge is 0.317 e. The molecule has 0 bridgehead atoms. The number of hydrogen-bond donors (Lipinski definition) is 5. The molecule has 0 saturated heterocycles. The molecule has 0 rings (SSSR count). The first-order valence-corrected chi connectivity index (χ1v) is 4.53. The van der Waals surface area contributed by atoms with Crippen LogP contribution < -0.4 is 22.5 Å². The van der Waals surface area contributed by atoms with E-state index in [1.54, 1.807) is 11.9 Å². The highest BCUT2D eigenvalue weighted by Crippen LogP contribution is 2.02. The first-order chi connectivity index (χ1) is 7.38. The van der Waals surface area contributed by atoms with E-state index in [4.69, 9.17) is 22.3 Å². The molecular weight excluding hydrogens is 212 g/mol. The summed E-state index contributed by atoms with van der Waals surface area (Å²) in [5, 5.41) is 11.2. The molecule has 0 fully saturated rings. The molecule has 0 aromatic heterocycles. The average Bonchev–Trinajstić information content (AvgIpc) is 2.21. The Kier molecular flexibility index (Phi) is 5.89. The number of likely N-dealkylation sites (N-methyl/N-ethyl adjacent to an activating group) is 1. The van der Waals surface area contributed by atoms with Crippen LogP contribution in [0.25, 0.3) is 0 Å². The lowest BCUT2D eigenvalue weighted by Crippen LogP contribution is -2.46. The number of aliphatic imine (C=N–C) groups is 1. The first kappa shape index (κ1) is 14.2. The predicted octanol–water partition coefficient (Wildman–Crippen LogP) is -2.38. The molecule has 0 aliphatic heterocycles. The van der Waals surface area contributed by atoms with Crippen LogP contribution in [0, 0.1) is 0 Å². The molecule has 0 aromatic carbocycles. The van der Waals surface area contributed by atoms with Gasteiger partial charge in [0, 0.05) is 19.3 Å². The van der Waals surface area contributed by atoms with Crippen molar-refractivity contribution in [3.05, 3.63) is 12.3 Å². The van der Waals surface area contributed by atoms with Crippen LogP contribution in [0.4, 0.5) is 0 Å². The summed E-state index contributed by atoms with van der Waals surface area (Å²) < 4.78 is 0. The molecule has 0 spiro atoms. The summed E-state index contributed by atoms with van der Waals surface area (Å²) in [5.74, 6) is -1.16. The van der Waals surface area contributed by atoms with Gasteiger partial charge in [0.05, 0.1) is 6.54 Å². The van der Waals surface area contributed by atoms with Crippen LogP contribution in [0.3, 0.4) is 0 Å². The van der Waals surface area contributed by atoms with Crippen molar-refractivity contribution < 1.29 is 9.90 Å². The van der Waals surface area contributed by atoms with Crippen LogP contribution in [0.2, 0.25) is 0 Å². The third-order valence-electron chi connectivity index (χ3n) is 1.81. The van der Waals surface area contributed by atoms with Crippen LogP contribution in [0.1, 0.15) is 0 Å². The van der Waals surface area contributed by atoms with Crippen molar-refractivity contribution >= 4 is 11.9 Å². The minimum absolute atomic E-state index is 0.153. The molecule has 1 unspecified atom stereocenters. The topological polar surface area (TPSA) is 143 Å². The summed E-state index contributed by atoms with van der Waals surface area (Å²) in [7, 11) is 1.65. The van der Waals surface area contributed by atoms with Crippen molar-refractivity contribution in [1.29, 1.82) is 0 Å². The fraction of sp³-hybridized carbons (Fsp3) is 0.500. The van der Waals surface area contributed by atoms with E-state index in [0.29, 0.717) is 5.70 Å². The van der Waals surface area contributed by atoms with Gasteiger partial charge in [-0.3, -0.25) is 10.1 Å². The molecule has 0 aromatic rings. The average molecular weight is 230 g/mol. The molecule has 0 saturated carbocycles. The van der Waals surface area contributed by atoms with Crippen molar-refractivity contribution in [2.75, 3.05) is 20.1 Å². The molecule has 8 heteroatoms. The van der Waals surface area contributed by atoms with Gasteiger partial charge in [-0.25, -0.2) is 4.99 Å². The minimum atomic E-state index is -1.01. The Balaban J connectivity index is 4.59. The van der Waals surface area contributed by atoms with Crippen LogP contribution in [-0.4, -0.2) is 48.4 Å². The summed E-state index contributed by atoms with van der Waals surface area (Å²) in [6, 6.07) is 0.